The maximum atomic E-state index is 13.3. The summed E-state index contributed by atoms with van der Waals surface area (Å²) in [6.45, 7) is 5.63. The van der Waals surface area contributed by atoms with Crippen LogP contribution in [0.25, 0.3) is 22.3 Å². The summed E-state index contributed by atoms with van der Waals surface area (Å²) >= 11 is 0. The normalized spacial score (nSPS) is 10.8. The van der Waals surface area contributed by atoms with Gasteiger partial charge in [-0.3, -0.25) is 9.59 Å². The van der Waals surface area contributed by atoms with Crippen LogP contribution in [0.4, 0.5) is 0 Å². The van der Waals surface area contributed by atoms with Crippen molar-refractivity contribution >= 4 is 16.9 Å². The third-order valence-corrected chi connectivity index (χ3v) is 4.61. The molecule has 0 bridgehead atoms. The van der Waals surface area contributed by atoms with Gasteiger partial charge < -0.3 is 18.6 Å². The summed E-state index contributed by atoms with van der Waals surface area (Å²) in [4.78, 5) is 25.5. The first kappa shape index (κ1) is 20.5. The molecule has 0 aliphatic rings. The van der Waals surface area contributed by atoms with Gasteiger partial charge in [0.25, 0.3) is 0 Å². The number of benzene rings is 2. The number of fused-ring (bicyclic) bond motifs is 1. The van der Waals surface area contributed by atoms with Gasteiger partial charge in [-0.15, -0.1) is 0 Å². The summed E-state index contributed by atoms with van der Waals surface area (Å²) < 4.78 is 22.2. The molecule has 1 aromatic heterocycles. The highest BCUT2D eigenvalue weighted by molar-refractivity contribution is 5.87. The van der Waals surface area contributed by atoms with Crippen LogP contribution in [0.15, 0.2) is 39.5 Å². The molecule has 0 spiro atoms. The Balaban J connectivity index is 2.31. The summed E-state index contributed by atoms with van der Waals surface area (Å²) in [6.07, 6.45) is 0.817. The zero-order chi connectivity index (χ0) is 21.1. The van der Waals surface area contributed by atoms with Gasteiger partial charge in [0, 0.05) is 12.0 Å². The minimum absolute atomic E-state index is 0.116. The number of aryl methyl sites for hydroxylation is 2. The van der Waals surface area contributed by atoms with E-state index in [0.717, 1.165) is 11.1 Å². The van der Waals surface area contributed by atoms with E-state index in [2.05, 4.69) is 0 Å². The smallest absolute Gasteiger partial charge is 0.311 e. The van der Waals surface area contributed by atoms with E-state index in [0.29, 0.717) is 34.5 Å². The zero-order valence-corrected chi connectivity index (χ0v) is 17.3. The molecule has 3 aromatic rings. The lowest BCUT2D eigenvalue weighted by molar-refractivity contribution is -0.134. The average Bonchev–Trinajstić information content (AvgIpc) is 2.69. The van der Waals surface area contributed by atoms with Crippen LogP contribution in [-0.4, -0.2) is 20.2 Å². The fraction of sp³-hybridized carbons (Fsp3) is 0.304. The molecule has 0 atom stereocenters. The second kappa shape index (κ2) is 8.39. The van der Waals surface area contributed by atoms with Gasteiger partial charge in [0.15, 0.2) is 17.3 Å². The molecule has 1 heterocycles. The number of ether oxygens (including phenoxy) is 3. The van der Waals surface area contributed by atoms with Crippen molar-refractivity contribution in [2.75, 3.05) is 14.2 Å². The summed E-state index contributed by atoms with van der Waals surface area (Å²) in [5, 5.41) is 0.402. The van der Waals surface area contributed by atoms with E-state index in [1.165, 1.54) is 14.2 Å². The third-order valence-electron chi connectivity index (χ3n) is 4.61. The van der Waals surface area contributed by atoms with E-state index in [9.17, 15) is 9.59 Å². The van der Waals surface area contributed by atoms with Crippen molar-refractivity contribution < 1.29 is 23.4 Å². The molecule has 6 heteroatoms. The first-order valence-corrected chi connectivity index (χ1v) is 9.40. The summed E-state index contributed by atoms with van der Waals surface area (Å²) in [7, 11) is 3.06. The molecule has 0 unspecified atom stereocenters. The molecule has 3 rings (SSSR count). The molecule has 0 radical (unpaired) electrons. The minimum atomic E-state index is -0.481. The molecule has 0 N–H and O–H groups in total. The summed E-state index contributed by atoms with van der Waals surface area (Å²) in [5.41, 5.74) is 2.33. The first-order chi connectivity index (χ1) is 13.9. The highest BCUT2D eigenvalue weighted by Gasteiger charge is 2.22. The van der Waals surface area contributed by atoms with Crippen molar-refractivity contribution in [3.05, 3.63) is 51.7 Å². The van der Waals surface area contributed by atoms with Crippen molar-refractivity contribution in [2.24, 2.45) is 0 Å². The number of methoxy groups -OCH3 is 2. The Kier molecular flexibility index (Phi) is 5.92. The Labute approximate surface area is 169 Å². The topological polar surface area (TPSA) is 75.0 Å². The number of carbonyl (C=O) groups is 1. The molecular weight excluding hydrogens is 372 g/mol. The number of hydrogen-bond acceptors (Lipinski definition) is 6. The molecule has 0 saturated heterocycles. The molecule has 2 aromatic carbocycles. The lowest BCUT2D eigenvalue weighted by Gasteiger charge is -2.14. The van der Waals surface area contributed by atoms with E-state index < -0.39 is 5.97 Å². The fourth-order valence-electron chi connectivity index (χ4n) is 3.30. The number of esters is 1. The molecule has 152 valence electrons. The van der Waals surface area contributed by atoms with Crippen LogP contribution in [0.5, 0.6) is 17.2 Å². The van der Waals surface area contributed by atoms with Crippen LogP contribution in [-0.2, 0) is 4.79 Å². The molecule has 0 fully saturated rings. The van der Waals surface area contributed by atoms with E-state index in [1.54, 1.807) is 24.3 Å². The largest absolute Gasteiger partial charge is 0.493 e. The summed E-state index contributed by atoms with van der Waals surface area (Å²) in [5.74, 6) is 0.591. The first-order valence-electron chi connectivity index (χ1n) is 9.40. The van der Waals surface area contributed by atoms with Gasteiger partial charge in [0.1, 0.15) is 5.58 Å². The highest BCUT2D eigenvalue weighted by atomic mass is 16.5. The number of hydrogen-bond donors (Lipinski definition) is 0. The van der Waals surface area contributed by atoms with Gasteiger partial charge in [-0.05, 0) is 55.7 Å². The van der Waals surface area contributed by atoms with Crippen LogP contribution >= 0.6 is 0 Å². The van der Waals surface area contributed by atoms with Crippen LogP contribution in [0, 0.1) is 13.8 Å². The van der Waals surface area contributed by atoms with Gasteiger partial charge in [-0.1, -0.05) is 13.0 Å². The Bertz CT molecular complexity index is 1130. The maximum absolute atomic E-state index is 13.3. The van der Waals surface area contributed by atoms with Gasteiger partial charge in [0.2, 0.25) is 11.2 Å². The van der Waals surface area contributed by atoms with Crippen LogP contribution in [0.1, 0.15) is 30.9 Å². The highest BCUT2D eigenvalue weighted by Crippen LogP contribution is 2.37. The summed E-state index contributed by atoms with van der Waals surface area (Å²) in [6, 6.07) is 8.81. The molecule has 29 heavy (non-hydrogen) atoms. The number of rotatable bonds is 6. The lowest BCUT2D eigenvalue weighted by atomic mass is 10.0. The molecule has 0 aliphatic heterocycles. The van der Waals surface area contributed by atoms with Crippen molar-refractivity contribution in [3.63, 3.8) is 0 Å². The second-order valence-electron chi connectivity index (χ2n) is 6.84. The van der Waals surface area contributed by atoms with E-state index in [4.69, 9.17) is 18.6 Å². The second-order valence-corrected chi connectivity index (χ2v) is 6.84. The van der Waals surface area contributed by atoms with E-state index in [1.807, 2.05) is 26.8 Å². The van der Waals surface area contributed by atoms with Crippen molar-refractivity contribution in [2.45, 2.75) is 33.6 Å². The maximum Gasteiger partial charge on any atom is 0.311 e. The molecule has 0 aliphatic carbocycles. The van der Waals surface area contributed by atoms with Crippen molar-refractivity contribution in [1.82, 2.24) is 0 Å². The van der Waals surface area contributed by atoms with Gasteiger partial charge >= 0.3 is 5.97 Å². The van der Waals surface area contributed by atoms with Crippen LogP contribution < -0.4 is 19.6 Å². The zero-order valence-electron chi connectivity index (χ0n) is 17.3. The van der Waals surface area contributed by atoms with E-state index >= 15 is 0 Å². The molecule has 6 nitrogen and oxygen atoms in total. The standard InChI is InChI=1S/C23H24O6/c1-6-7-19(24)29-23-21(25)20-14(3)10-13(2)11-18(20)28-22(23)15-8-9-16(26-4)17(12-15)27-5/h8-12H,6-7H2,1-5H3. The Morgan fingerprint density at radius 2 is 1.76 bits per heavy atom. The lowest BCUT2D eigenvalue weighted by Crippen LogP contribution is -2.16. The quantitative estimate of drug-likeness (QED) is 0.557. The fourth-order valence-corrected chi connectivity index (χ4v) is 3.30. The predicted octanol–water partition coefficient (Wildman–Crippen LogP) is 4.80. The van der Waals surface area contributed by atoms with Crippen LogP contribution in [0.3, 0.4) is 0 Å². The third kappa shape index (κ3) is 3.97. The molecule has 0 amide bonds. The number of carbonyl (C=O) groups excluding carboxylic acids is 1. The van der Waals surface area contributed by atoms with Gasteiger partial charge in [-0.2, -0.15) is 0 Å². The Morgan fingerprint density at radius 1 is 1.03 bits per heavy atom. The SMILES string of the molecule is CCCC(=O)Oc1c(-c2ccc(OC)c(OC)c2)oc2cc(C)cc(C)c2c1=O. The molecule has 0 saturated carbocycles. The van der Waals surface area contributed by atoms with Gasteiger partial charge in [-0.25, -0.2) is 0 Å². The Hall–Kier alpha value is -3.28. The van der Waals surface area contributed by atoms with Crippen molar-refractivity contribution in [3.8, 4) is 28.6 Å². The minimum Gasteiger partial charge on any atom is -0.493 e. The van der Waals surface area contributed by atoms with Crippen molar-refractivity contribution in [1.29, 1.82) is 0 Å². The molecular formula is C23H24O6. The Morgan fingerprint density at radius 3 is 2.41 bits per heavy atom. The van der Waals surface area contributed by atoms with E-state index in [-0.39, 0.29) is 23.4 Å². The monoisotopic (exact) mass is 396 g/mol. The van der Waals surface area contributed by atoms with Gasteiger partial charge in [0.05, 0.1) is 19.6 Å². The average molecular weight is 396 g/mol. The predicted molar refractivity (Wildman–Crippen MR) is 111 cm³/mol. The van der Waals surface area contributed by atoms with Crippen LogP contribution in [0.2, 0.25) is 0 Å².